The van der Waals surface area contributed by atoms with Crippen LogP contribution in [-0.2, 0) is 0 Å². The van der Waals surface area contributed by atoms with Crippen LogP contribution < -0.4 is 0 Å². The number of hydrogen-bond donors (Lipinski definition) is 0. The highest BCUT2D eigenvalue weighted by atomic mass is 127. The maximum absolute atomic E-state index is 8.53. The van der Waals surface area contributed by atoms with Gasteiger partial charge in [0, 0.05) is 9.26 Å². The van der Waals surface area contributed by atoms with Gasteiger partial charge in [0.05, 0.1) is 0 Å². The van der Waals surface area contributed by atoms with Gasteiger partial charge in [0.1, 0.15) is 6.07 Å². The first-order chi connectivity index (χ1) is 4.74. The van der Waals surface area contributed by atoms with E-state index < -0.39 is 0 Å². The first-order valence-electron chi connectivity index (χ1n) is 2.77. The van der Waals surface area contributed by atoms with Crippen molar-refractivity contribution in [1.82, 2.24) is 4.98 Å². The summed E-state index contributed by atoms with van der Waals surface area (Å²) in [4.78, 5) is 4.02. The van der Waals surface area contributed by atoms with Crippen LogP contribution in [0.4, 0.5) is 0 Å². The molecule has 1 rings (SSSR count). The zero-order valence-corrected chi connectivity index (χ0v) is 7.58. The molecule has 0 bridgehead atoms. The van der Waals surface area contributed by atoms with Crippen LogP contribution in [0.25, 0.3) is 0 Å². The molecule has 0 aliphatic heterocycles. The van der Waals surface area contributed by atoms with Crippen molar-refractivity contribution in [3.05, 3.63) is 27.1 Å². The molecule has 0 fully saturated rings. The van der Waals surface area contributed by atoms with Gasteiger partial charge >= 0.3 is 0 Å². The van der Waals surface area contributed by atoms with Gasteiger partial charge in [0.15, 0.2) is 5.69 Å². The SMILES string of the molecule is Cc1ccc(I)c(C#N)n1. The van der Waals surface area contributed by atoms with Gasteiger partial charge in [-0.25, -0.2) is 4.98 Å². The lowest BCUT2D eigenvalue weighted by molar-refractivity contribution is 1.15. The summed E-state index contributed by atoms with van der Waals surface area (Å²) in [5.74, 6) is 0. The first-order valence-corrected chi connectivity index (χ1v) is 3.85. The number of rotatable bonds is 0. The first kappa shape index (κ1) is 7.48. The van der Waals surface area contributed by atoms with Crippen LogP contribution in [0.2, 0.25) is 0 Å². The molecule has 1 heterocycles. The Labute approximate surface area is 73.0 Å². The summed E-state index contributed by atoms with van der Waals surface area (Å²) in [6.45, 7) is 1.87. The van der Waals surface area contributed by atoms with E-state index in [1.54, 1.807) is 0 Å². The van der Waals surface area contributed by atoms with Crippen molar-refractivity contribution in [2.45, 2.75) is 6.92 Å². The average molecular weight is 244 g/mol. The molecule has 0 radical (unpaired) electrons. The number of pyridine rings is 1. The molecular weight excluding hydrogens is 239 g/mol. The molecule has 2 nitrogen and oxygen atoms in total. The number of hydrogen-bond acceptors (Lipinski definition) is 2. The summed E-state index contributed by atoms with van der Waals surface area (Å²) in [7, 11) is 0. The van der Waals surface area contributed by atoms with Gasteiger partial charge in [0.25, 0.3) is 0 Å². The highest BCUT2D eigenvalue weighted by Crippen LogP contribution is 2.08. The maximum Gasteiger partial charge on any atom is 0.154 e. The van der Waals surface area contributed by atoms with E-state index in [0.29, 0.717) is 5.69 Å². The van der Waals surface area contributed by atoms with Crippen molar-refractivity contribution < 1.29 is 0 Å². The maximum atomic E-state index is 8.53. The lowest BCUT2D eigenvalue weighted by atomic mass is 10.3. The van der Waals surface area contributed by atoms with Crippen molar-refractivity contribution >= 4 is 22.6 Å². The van der Waals surface area contributed by atoms with E-state index in [2.05, 4.69) is 27.6 Å². The van der Waals surface area contributed by atoms with Crippen LogP contribution in [0.1, 0.15) is 11.4 Å². The Balaban J connectivity index is 3.25. The van der Waals surface area contributed by atoms with Gasteiger partial charge in [-0.1, -0.05) is 0 Å². The summed E-state index contributed by atoms with van der Waals surface area (Å²) in [6.07, 6.45) is 0. The second-order valence-corrected chi connectivity index (χ2v) is 3.06. The molecule has 10 heavy (non-hydrogen) atoms. The third-order valence-corrected chi connectivity index (χ3v) is 1.96. The summed E-state index contributed by atoms with van der Waals surface area (Å²) >= 11 is 2.09. The Kier molecular flexibility index (Phi) is 2.22. The van der Waals surface area contributed by atoms with E-state index in [9.17, 15) is 0 Å². The molecule has 0 amide bonds. The molecule has 1 aromatic rings. The lowest BCUT2D eigenvalue weighted by Crippen LogP contribution is -1.89. The smallest absolute Gasteiger partial charge is 0.154 e. The van der Waals surface area contributed by atoms with Crippen LogP contribution in [0.3, 0.4) is 0 Å². The van der Waals surface area contributed by atoms with Gasteiger partial charge in [0.2, 0.25) is 0 Å². The molecule has 0 spiro atoms. The highest BCUT2D eigenvalue weighted by molar-refractivity contribution is 14.1. The molecule has 0 aromatic carbocycles. The molecular formula is C7H5IN2. The predicted molar refractivity (Wildman–Crippen MR) is 46.4 cm³/mol. The number of nitriles is 1. The predicted octanol–water partition coefficient (Wildman–Crippen LogP) is 1.87. The molecule has 3 heteroatoms. The minimum Gasteiger partial charge on any atom is -0.241 e. The lowest BCUT2D eigenvalue weighted by Gasteiger charge is -1.93. The molecule has 0 aliphatic rings. The van der Waals surface area contributed by atoms with E-state index in [0.717, 1.165) is 9.26 Å². The summed E-state index contributed by atoms with van der Waals surface area (Å²) < 4.78 is 0.908. The fourth-order valence-electron chi connectivity index (χ4n) is 0.618. The Bertz CT molecular complexity index is 288. The Morgan fingerprint density at radius 3 is 2.80 bits per heavy atom. The van der Waals surface area contributed by atoms with Crippen molar-refractivity contribution in [2.24, 2.45) is 0 Å². The summed E-state index contributed by atoms with van der Waals surface area (Å²) in [6, 6.07) is 5.80. The van der Waals surface area contributed by atoms with Crippen molar-refractivity contribution in [1.29, 1.82) is 5.26 Å². The third-order valence-electron chi connectivity index (χ3n) is 1.09. The highest BCUT2D eigenvalue weighted by Gasteiger charge is 1.97. The van der Waals surface area contributed by atoms with Crippen LogP contribution in [-0.4, -0.2) is 4.98 Å². The molecule has 0 atom stereocenters. The second-order valence-electron chi connectivity index (χ2n) is 1.89. The van der Waals surface area contributed by atoms with E-state index in [4.69, 9.17) is 5.26 Å². The van der Waals surface area contributed by atoms with Gasteiger partial charge in [-0.15, -0.1) is 0 Å². The average Bonchev–Trinajstić information content (AvgIpc) is 1.94. The summed E-state index contributed by atoms with van der Waals surface area (Å²) in [5, 5.41) is 8.53. The van der Waals surface area contributed by atoms with E-state index >= 15 is 0 Å². The zero-order chi connectivity index (χ0) is 7.56. The van der Waals surface area contributed by atoms with Crippen molar-refractivity contribution in [3.63, 3.8) is 0 Å². The minimum absolute atomic E-state index is 0.514. The van der Waals surface area contributed by atoms with Crippen LogP contribution >= 0.6 is 22.6 Å². The number of halogens is 1. The zero-order valence-electron chi connectivity index (χ0n) is 5.43. The molecule has 50 valence electrons. The molecule has 0 saturated heterocycles. The van der Waals surface area contributed by atoms with Crippen molar-refractivity contribution in [3.8, 4) is 6.07 Å². The van der Waals surface area contributed by atoms with Crippen LogP contribution in [0.5, 0.6) is 0 Å². The second kappa shape index (κ2) is 2.97. The standard InChI is InChI=1S/C7H5IN2/c1-5-2-3-6(8)7(4-9)10-5/h2-3H,1H3. The van der Waals surface area contributed by atoms with E-state index in [1.807, 2.05) is 25.1 Å². The van der Waals surface area contributed by atoms with Gasteiger partial charge in [-0.2, -0.15) is 5.26 Å². The monoisotopic (exact) mass is 244 g/mol. The van der Waals surface area contributed by atoms with Crippen LogP contribution in [0.15, 0.2) is 12.1 Å². The fourth-order valence-corrected chi connectivity index (χ4v) is 1.04. The number of aryl methyl sites for hydroxylation is 1. The Hall–Kier alpha value is -0.630. The van der Waals surface area contributed by atoms with E-state index in [-0.39, 0.29) is 0 Å². The quantitative estimate of drug-likeness (QED) is 0.653. The molecule has 0 saturated carbocycles. The summed E-state index contributed by atoms with van der Waals surface area (Å²) in [5.41, 5.74) is 1.40. The number of nitrogens with zero attached hydrogens (tertiary/aromatic N) is 2. The number of aromatic nitrogens is 1. The molecule has 0 N–H and O–H groups in total. The molecule has 0 unspecified atom stereocenters. The Morgan fingerprint density at radius 1 is 1.60 bits per heavy atom. The topological polar surface area (TPSA) is 36.7 Å². The van der Waals surface area contributed by atoms with Crippen molar-refractivity contribution in [2.75, 3.05) is 0 Å². The Morgan fingerprint density at radius 2 is 2.30 bits per heavy atom. The fraction of sp³-hybridized carbons (Fsp3) is 0.143. The van der Waals surface area contributed by atoms with Gasteiger partial charge in [-0.05, 0) is 41.6 Å². The normalized spacial score (nSPS) is 8.90. The largest absolute Gasteiger partial charge is 0.241 e. The van der Waals surface area contributed by atoms with Gasteiger partial charge in [-0.3, -0.25) is 0 Å². The third kappa shape index (κ3) is 1.45. The van der Waals surface area contributed by atoms with Gasteiger partial charge < -0.3 is 0 Å². The van der Waals surface area contributed by atoms with Crippen LogP contribution in [0, 0.1) is 21.8 Å². The van der Waals surface area contributed by atoms with E-state index in [1.165, 1.54) is 0 Å². The molecule has 0 aliphatic carbocycles. The molecule has 1 aromatic heterocycles. The minimum atomic E-state index is 0.514.